The number of rotatable bonds is 7. The molecule has 1 spiro atoms. The molecule has 2 aliphatic heterocycles. The second kappa shape index (κ2) is 9.35. The van der Waals surface area contributed by atoms with Gasteiger partial charge in [0.05, 0.1) is 19.3 Å². The molecule has 0 fully saturated rings. The van der Waals surface area contributed by atoms with E-state index in [1.54, 1.807) is 52.0 Å². The van der Waals surface area contributed by atoms with E-state index < -0.39 is 41.8 Å². The molecule has 3 N–H and O–H groups in total. The number of para-hydroxylation sites is 1. The maximum Gasteiger partial charge on any atom is 0.339 e. The van der Waals surface area contributed by atoms with Crippen molar-refractivity contribution in [2.45, 2.75) is 45.6 Å². The van der Waals surface area contributed by atoms with Gasteiger partial charge >= 0.3 is 23.9 Å². The number of hydrogen-bond donors (Lipinski definition) is 2. The fourth-order valence-corrected chi connectivity index (χ4v) is 3.96. The Hall–Kier alpha value is -3.82. The number of fused-ring (bicyclic) bond motifs is 2. The quantitative estimate of drug-likeness (QED) is 0.458. The third-order valence-electron chi connectivity index (χ3n) is 5.06. The topological polar surface area (TPSA) is 143 Å². The van der Waals surface area contributed by atoms with Crippen LogP contribution < -0.4 is 11.1 Å². The highest BCUT2D eigenvalue weighted by molar-refractivity contribution is 6.16. The maximum atomic E-state index is 13.6. The Kier molecular flexibility index (Phi) is 6.75. The largest absolute Gasteiger partial charge is 0.466 e. The summed E-state index contributed by atoms with van der Waals surface area (Å²) in [5, 5.41) is 2.89. The zero-order valence-electron chi connectivity index (χ0n) is 18.9. The number of cyclic esters (lactones) is 1. The van der Waals surface area contributed by atoms with Crippen LogP contribution in [-0.2, 0) is 43.5 Å². The summed E-state index contributed by atoms with van der Waals surface area (Å²) < 4.78 is 21.0. The van der Waals surface area contributed by atoms with Gasteiger partial charge in [0.15, 0.2) is 5.41 Å². The lowest BCUT2D eigenvalue weighted by Gasteiger charge is -2.36. The molecule has 33 heavy (non-hydrogen) atoms. The third-order valence-corrected chi connectivity index (χ3v) is 5.06. The van der Waals surface area contributed by atoms with Crippen molar-refractivity contribution in [3.63, 3.8) is 0 Å². The molecule has 1 atom stereocenters. The van der Waals surface area contributed by atoms with Crippen LogP contribution in [0.15, 0.2) is 47.0 Å². The molecular weight excluding hydrogens is 432 g/mol. The molecular formula is C23H26N2O8. The van der Waals surface area contributed by atoms with Gasteiger partial charge < -0.3 is 30.0 Å². The second-order valence-corrected chi connectivity index (χ2v) is 7.55. The molecule has 2 heterocycles. The Morgan fingerprint density at radius 3 is 2.36 bits per heavy atom. The molecule has 10 nitrogen and oxygen atoms in total. The van der Waals surface area contributed by atoms with Gasteiger partial charge in [-0.05, 0) is 33.8 Å². The number of nitrogens with two attached hydrogens (primary N) is 1. The summed E-state index contributed by atoms with van der Waals surface area (Å²) in [6.07, 6.45) is -1.06. The van der Waals surface area contributed by atoms with Gasteiger partial charge in [0, 0.05) is 11.3 Å². The molecule has 0 aliphatic carbocycles. The summed E-state index contributed by atoms with van der Waals surface area (Å²) in [6, 6.07) is 6.52. The first kappa shape index (κ1) is 23.8. The number of esters is 4. The lowest BCUT2D eigenvalue weighted by Crippen LogP contribution is -2.48. The standard InChI is InChI=1S/C23H26N2O8/c1-5-30-16(26)11-15-17(20(27)31-6-2)23(22(29)33-15)13-9-7-8-10-14(13)25-19(24)18(23)21(28)32-12(3)4/h7-10,12,25H,5-6,11,24H2,1-4H3/t23-/m1/s1. The number of hydrogen-bond acceptors (Lipinski definition) is 10. The summed E-state index contributed by atoms with van der Waals surface area (Å²) in [5.74, 6) is -3.99. The fourth-order valence-electron chi connectivity index (χ4n) is 3.96. The molecule has 0 unspecified atom stereocenters. The van der Waals surface area contributed by atoms with Crippen molar-refractivity contribution in [2.24, 2.45) is 5.73 Å². The highest BCUT2D eigenvalue weighted by Gasteiger charge is 2.63. The number of benzene rings is 1. The Labute approximate surface area is 190 Å². The molecule has 0 bridgehead atoms. The van der Waals surface area contributed by atoms with Crippen LogP contribution in [0.1, 0.15) is 39.7 Å². The van der Waals surface area contributed by atoms with E-state index in [-0.39, 0.29) is 41.5 Å². The SMILES string of the molecule is CCOC(=O)CC1=C(C(=O)OCC)[C@@]2(C(=O)O1)C(C(=O)OC(C)C)=C(N)Nc1ccccc12. The Morgan fingerprint density at radius 1 is 1.06 bits per heavy atom. The molecule has 0 saturated heterocycles. The minimum Gasteiger partial charge on any atom is -0.466 e. The molecule has 0 aromatic heterocycles. The Bertz CT molecular complexity index is 1070. The van der Waals surface area contributed by atoms with Crippen LogP contribution in [0.2, 0.25) is 0 Å². The molecule has 0 amide bonds. The van der Waals surface area contributed by atoms with E-state index >= 15 is 0 Å². The number of carbonyl (C=O) groups is 4. The number of carbonyl (C=O) groups excluding carboxylic acids is 4. The minimum atomic E-state index is -2.09. The van der Waals surface area contributed by atoms with E-state index in [2.05, 4.69) is 5.32 Å². The lowest BCUT2D eigenvalue weighted by molar-refractivity contribution is -0.150. The highest BCUT2D eigenvalue weighted by atomic mass is 16.6. The van der Waals surface area contributed by atoms with Gasteiger partial charge in [-0.1, -0.05) is 18.2 Å². The van der Waals surface area contributed by atoms with Gasteiger partial charge in [-0.15, -0.1) is 0 Å². The summed E-state index contributed by atoms with van der Waals surface area (Å²) in [6.45, 7) is 6.53. The second-order valence-electron chi connectivity index (χ2n) is 7.55. The van der Waals surface area contributed by atoms with Gasteiger partial charge in [0.1, 0.15) is 29.1 Å². The van der Waals surface area contributed by atoms with Crippen molar-refractivity contribution in [3.05, 3.63) is 52.6 Å². The Morgan fingerprint density at radius 2 is 1.73 bits per heavy atom. The predicted molar refractivity (Wildman–Crippen MR) is 115 cm³/mol. The van der Waals surface area contributed by atoms with Gasteiger partial charge in [0.2, 0.25) is 0 Å². The van der Waals surface area contributed by atoms with Crippen LogP contribution in [0.3, 0.4) is 0 Å². The van der Waals surface area contributed by atoms with Crippen LogP contribution in [0.4, 0.5) is 5.69 Å². The zero-order valence-corrected chi connectivity index (χ0v) is 18.9. The van der Waals surface area contributed by atoms with E-state index in [9.17, 15) is 19.2 Å². The van der Waals surface area contributed by atoms with Crippen LogP contribution in [0.5, 0.6) is 0 Å². The van der Waals surface area contributed by atoms with Crippen molar-refractivity contribution in [1.29, 1.82) is 0 Å². The summed E-state index contributed by atoms with van der Waals surface area (Å²) in [7, 11) is 0. The summed E-state index contributed by atoms with van der Waals surface area (Å²) >= 11 is 0. The van der Waals surface area contributed by atoms with Crippen LogP contribution in [0, 0.1) is 0 Å². The smallest absolute Gasteiger partial charge is 0.339 e. The van der Waals surface area contributed by atoms with Gasteiger partial charge in [-0.3, -0.25) is 4.79 Å². The molecule has 10 heteroatoms. The van der Waals surface area contributed by atoms with Gasteiger partial charge in [-0.2, -0.15) is 0 Å². The van der Waals surface area contributed by atoms with Gasteiger partial charge in [-0.25, -0.2) is 14.4 Å². The summed E-state index contributed by atoms with van der Waals surface area (Å²) in [5.41, 5.74) is 4.11. The van der Waals surface area contributed by atoms with Crippen LogP contribution in [-0.4, -0.2) is 43.2 Å². The first-order valence-electron chi connectivity index (χ1n) is 10.5. The normalized spacial score (nSPS) is 19.2. The predicted octanol–water partition coefficient (Wildman–Crippen LogP) is 1.80. The molecule has 1 aromatic rings. The number of nitrogens with one attached hydrogen (secondary N) is 1. The number of ether oxygens (including phenoxy) is 4. The zero-order chi connectivity index (χ0) is 24.3. The lowest BCUT2D eigenvalue weighted by atomic mass is 9.66. The third kappa shape index (κ3) is 4.04. The minimum absolute atomic E-state index is 0.0237. The van der Waals surface area contributed by atoms with E-state index in [4.69, 9.17) is 24.7 Å². The van der Waals surface area contributed by atoms with Crippen LogP contribution >= 0.6 is 0 Å². The van der Waals surface area contributed by atoms with Crippen molar-refractivity contribution in [2.75, 3.05) is 18.5 Å². The maximum absolute atomic E-state index is 13.6. The average molecular weight is 458 g/mol. The van der Waals surface area contributed by atoms with Crippen molar-refractivity contribution in [1.82, 2.24) is 0 Å². The number of anilines is 1. The van der Waals surface area contributed by atoms with E-state index in [0.717, 1.165) is 0 Å². The van der Waals surface area contributed by atoms with Gasteiger partial charge in [0.25, 0.3) is 0 Å². The van der Waals surface area contributed by atoms with E-state index in [1.807, 2.05) is 0 Å². The van der Waals surface area contributed by atoms with Crippen molar-refractivity contribution < 1.29 is 38.1 Å². The van der Waals surface area contributed by atoms with E-state index in [1.165, 1.54) is 0 Å². The fraction of sp³-hybridized carbons (Fsp3) is 0.391. The monoisotopic (exact) mass is 458 g/mol. The Balaban J connectivity index is 2.36. The molecule has 0 radical (unpaired) electrons. The highest BCUT2D eigenvalue weighted by Crippen LogP contribution is 2.53. The van der Waals surface area contributed by atoms with Crippen molar-refractivity contribution >= 4 is 29.6 Å². The van der Waals surface area contributed by atoms with Crippen molar-refractivity contribution in [3.8, 4) is 0 Å². The average Bonchev–Trinajstić information content (AvgIpc) is 2.99. The first-order valence-corrected chi connectivity index (χ1v) is 10.5. The molecule has 176 valence electrons. The van der Waals surface area contributed by atoms with E-state index in [0.29, 0.717) is 5.69 Å². The summed E-state index contributed by atoms with van der Waals surface area (Å²) in [4.78, 5) is 52.3. The molecule has 3 rings (SSSR count). The van der Waals surface area contributed by atoms with Crippen LogP contribution in [0.25, 0.3) is 0 Å². The first-order chi connectivity index (χ1) is 15.7. The molecule has 0 saturated carbocycles. The molecule has 2 aliphatic rings. The molecule has 1 aromatic carbocycles.